The number of hydrogen-bond acceptors (Lipinski definition) is 4. The normalized spacial score (nSPS) is 21.7. The van der Waals surface area contributed by atoms with Crippen LogP contribution in [0.3, 0.4) is 0 Å². The van der Waals surface area contributed by atoms with Crippen LogP contribution in [-0.4, -0.2) is 62.4 Å². The summed E-state index contributed by atoms with van der Waals surface area (Å²) in [5.74, 6) is -0.436. The molecule has 1 fully saturated rings. The van der Waals surface area contributed by atoms with E-state index in [1.165, 1.54) is 0 Å². The molecular formula is C7H13N3O5S. The van der Waals surface area contributed by atoms with Crippen LogP contribution in [-0.2, 0) is 14.8 Å². The third kappa shape index (κ3) is 4.03. The van der Waals surface area contributed by atoms with Crippen molar-refractivity contribution < 1.29 is 23.1 Å². The third-order valence-corrected chi connectivity index (χ3v) is 2.69. The molecule has 2 amide bonds. The van der Waals surface area contributed by atoms with Gasteiger partial charge < -0.3 is 10.4 Å². The first-order chi connectivity index (χ1) is 7.28. The average Bonchev–Trinajstić information content (AvgIpc) is 2.13. The topological polar surface area (TPSA) is 116 Å². The maximum Gasteiger partial charge on any atom is 0.407 e. The van der Waals surface area contributed by atoms with Crippen molar-refractivity contribution in [2.24, 2.45) is 0 Å². The van der Waals surface area contributed by atoms with E-state index in [0.717, 1.165) is 11.2 Å². The number of nitrogens with one attached hydrogen (secondary N) is 2. The van der Waals surface area contributed by atoms with Gasteiger partial charge in [0.05, 0.1) is 12.3 Å². The molecule has 1 heterocycles. The quantitative estimate of drug-likeness (QED) is 0.537. The second kappa shape index (κ2) is 4.66. The standard InChI is InChI=1S/C7H13N3O5S/c1-16(14,15)8-2-5-3-10(7(12)13)4-6(11)9-5/h5,8H,2-4H2,1H3,(H,9,11)(H,12,13)/t5-/m1/s1. The van der Waals surface area contributed by atoms with Crippen LogP contribution in [0.25, 0.3) is 0 Å². The van der Waals surface area contributed by atoms with Crippen LogP contribution in [0.2, 0.25) is 0 Å². The molecule has 0 unspecified atom stereocenters. The van der Waals surface area contributed by atoms with E-state index < -0.39 is 28.1 Å². The van der Waals surface area contributed by atoms with Crippen molar-refractivity contribution in [1.82, 2.24) is 14.9 Å². The number of amides is 2. The van der Waals surface area contributed by atoms with Gasteiger partial charge >= 0.3 is 6.09 Å². The van der Waals surface area contributed by atoms with Crippen LogP contribution in [0, 0.1) is 0 Å². The lowest BCUT2D eigenvalue weighted by atomic mass is 10.2. The van der Waals surface area contributed by atoms with Crippen molar-refractivity contribution in [2.45, 2.75) is 6.04 Å². The highest BCUT2D eigenvalue weighted by Crippen LogP contribution is 2.00. The van der Waals surface area contributed by atoms with Gasteiger partial charge in [0.2, 0.25) is 15.9 Å². The fourth-order valence-corrected chi connectivity index (χ4v) is 1.84. The van der Waals surface area contributed by atoms with E-state index in [0.29, 0.717) is 0 Å². The summed E-state index contributed by atoms with van der Waals surface area (Å²) in [7, 11) is -3.35. The second-order valence-corrected chi connectivity index (χ2v) is 5.38. The Hall–Kier alpha value is -1.35. The largest absolute Gasteiger partial charge is 0.465 e. The number of nitrogens with zero attached hydrogens (tertiary/aromatic N) is 1. The molecule has 92 valence electrons. The summed E-state index contributed by atoms with van der Waals surface area (Å²) < 4.78 is 23.8. The molecule has 0 aromatic heterocycles. The fraction of sp³-hybridized carbons (Fsp3) is 0.714. The molecule has 0 bridgehead atoms. The van der Waals surface area contributed by atoms with Crippen LogP contribution < -0.4 is 10.0 Å². The predicted octanol–water partition coefficient (Wildman–Crippen LogP) is -1.99. The van der Waals surface area contributed by atoms with Crippen LogP contribution in [0.1, 0.15) is 0 Å². The SMILES string of the molecule is CS(=O)(=O)NC[C@@H]1CN(C(=O)O)CC(=O)N1. The molecule has 1 atom stereocenters. The summed E-state index contributed by atoms with van der Waals surface area (Å²) in [5, 5.41) is 11.2. The van der Waals surface area contributed by atoms with Gasteiger partial charge in [-0.15, -0.1) is 0 Å². The Bertz CT molecular complexity index is 393. The second-order valence-electron chi connectivity index (χ2n) is 3.55. The molecule has 9 heteroatoms. The Morgan fingerprint density at radius 3 is 2.81 bits per heavy atom. The minimum absolute atomic E-state index is 0.0195. The molecule has 0 aliphatic carbocycles. The van der Waals surface area contributed by atoms with Gasteiger partial charge in [-0.2, -0.15) is 0 Å². The summed E-state index contributed by atoms with van der Waals surface area (Å²) in [6.45, 7) is -0.164. The molecule has 1 aliphatic rings. The maximum absolute atomic E-state index is 11.1. The minimum Gasteiger partial charge on any atom is -0.465 e. The Kier molecular flexibility index (Phi) is 3.70. The molecule has 8 nitrogen and oxygen atoms in total. The number of hydrogen-bond donors (Lipinski definition) is 3. The van der Waals surface area contributed by atoms with E-state index in [2.05, 4.69) is 10.0 Å². The van der Waals surface area contributed by atoms with Gasteiger partial charge in [-0.05, 0) is 0 Å². The third-order valence-electron chi connectivity index (χ3n) is 2.00. The Balaban J connectivity index is 2.54. The molecule has 0 aromatic carbocycles. The van der Waals surface area contributed by atoms with Crippen molar-refractivity contribution in [1.29, 1.82) is 0 Å². The average molecular weight is 251 g/mol. The van der Waals surface area contributed by atoms with Gasteiger partial charge in [0.25, 0.3) is 0 Å². The van der Waals surface area contributed by atoms with Crippen LogP contribution in [0.5, 0.6) is 0 Å². The van der Waals surface area contributed by atoms with E-state index in [4.69, 9.17) is 5.11 Å². The first-order valence-corrected chi connectivity index (χ1v) is 6.39. The van der Waals surface area contributed by atoms with Gasteiger partial charge in [0.15, 0.2) is 0 Å². The highest BCUT2D eigenvalue weighted by molar-refractivity contribution is 7.88. The lowest BCUT2D eigenvalue weighted by molar-refractivity contribution is -0.124. The monoisotopic (exact) mass is 251 g/mol. The summed E-state index contributed by atoms with van der Waals surface area (Å²) in [6.07, 6.45) is -0.203. The van der Waals surface area contributed by atoms with Crippen molar-refractivity contribution in [3.8, 4) is 0 Å². The van der Waals surface area contributed by atoms with E-state index in [-0.39, 0.29) is 19.6 Å². The highest BCUT2D eigenvalue weighted by atomic mass is 32.2. The number of sulfonamides is 1. The molecule has 1 aliphatic heterocycles. The number of piperazine rings is 1. The number of rotatable bonds is 3. The summed E-state index contributed by atoms with van der Waals surface area (Å²) in [6, 6.07) is -0.535. The van der Waals surface area contributed by atoms with Gasteiger partial charge in [0, 0.05) is 13.1 Å². The molecular weight excluding hydrogens is 238 g/mol. The molecule has 0 radical (unpaired) electrons. The van der Waals surface area contributed by atoms with E-state index in [1.54, 1.807) is 0 Å². The zero-order chi connectivity index (χ0) is 12.3. The Morgan fingerprint density at radius 2 is 2.31 bits per heavy atom. The number of carbonyl (C=O) groups excluding carboxylic acids is 1. The number of carbonyl (C=O) groups is 2. The van der Waals surface area contributed by atoms with Crippen LogP contribution in [0.15, 0.2) is 0 Å². The van der Waals surface area contributed by atoms with E-state index >= 15 is 0 Å². The van der Waals surface area contributed by atoms with Crippen LogP contribution >= 0.6 is 0 Å². The van der Waals surface area contributed by atoms with Crippen molar-refractivity contribution in [3.05, 3.63) is 0 Å². The lowest BCUT2D eigenvalue weighted by Crippen LogP contribution is -2.58. The van der Waals surface area contributed by atoms with Crippen LogP contribution in [0.4, 0.5) is 4.79 Å². The van der Waals surface area contributed by atoms with Gasteiger partial charge in [-0.1, -0.05) is 0 Å². The predicted molar refractivity (Wildman–Crippen MR) is 54.4 cm³/mol. The van der Waals surface area contributed by atoms with Gasteiger partial charge in [-0.25, -0.2) is 17.9 Å². The molecule has 1 rings (SSSR count). The van der Waals surface area contributed by atoms with E-state index in [9.17, 15) is 18.0 Å². The molecule has 0 spiro atoms. The zero-order valence-corrected chi connectivity index (χ0v) is 9.45. The Morgan fingerprint density at radius 1 is 1.69 bits per heavy atom. The summed E-state index contributed by atoms with van der Waals surface area (Å²) in [5.41, 5.74) is 0. The summed E-state index contributed by atoms with van der Waals surface area (Å²) >= 11 is 0. The minimum atomic E-state index is -3.35. The Labute approximate surface area is 92.7 Å². The fourth-order valence-electron chi connectivity index (χ4n) is 1.34. The molecule has 0 saturated carbocycles. The zero-order valence-electron chi connectivity index (χ0n) is 8.63. The van der Waals surface area contributed by atoms with Gasteiger partial charge in [-0.3, -0.25) is 9.69 Å². The van der Waals surface area contributed by atoms with Crippen molar-refractivity contribution >= 4 is 22.0 Å². The van der Waals surface area contributed by atoms with Crippen molar-refractivity contribution in [3.63, 3.8) is 0 Å². The lowest BCUT2D eigenvalue weighted by Gasteiger charge is -2.31. The first kappa shape index (κ1) is 12.7. The van der Waals surface area contributed by atoms with Gasteiger partial charge in [0.1, 0.15) is 6.54 Å². The highest BCUT2D eigenvalue weighted by Gasteiger charge is 2.27. The smallest absolute Gasteiger partial charge is 0.407 e. The molecule has 3 N–H and O–H groups in total. The van der Waals surface area contributed by atoms with Crippen molar-refractivity contribution in [2.75, 3.05) is 25.9 Å². The molecule has 1 saturated heterocycles. The molecule has 16 heavy (non-hydrogen) atoms. The van der Waals surface area contributed by atoms with E-state index in [1.807, 2.05) is 0 Å². The number of carboxylic acid groups (broad SMARTS) is 1. The first-order valence-electron chi connectivity index (χ1n) is 4.50. The molecule has 0 aromatic rings. The maximum atomic E-state index is 11.1. The summed E-state index contributed by atoms with van der Waals surface area (Å²) in [4.78, 5) is 22.7.